The fourth-order valence-electron chi connectivity index (χ4n) is 2.88. The molecule has 0 bridgehead atoms. The average Bonchev–Trinajstić information content (AvgIpc) is 2.98. The van der Waals surface area contributed by atoms with Crippen LogP contribution in [0.2, 0.25) is 0 Å². The number of H-pyrrole nitrogens is 1. The number of aromatic nitrogens is 3. The van der Waals surface area contributed by atoms with Crippen molar-refractivity contribution in [1.82, 2.24) is 20.5 Å². The van der Waals surface area contributed by atoms with Gasteiger partial charge in [-0.1, -0.05) is 12.1 Å². The van der Waals surface area contributed by atoms with Crippen molar-refractivity contribution >= 4 is 5.95 Å². The molecule has 2 heterocycles. The molecule has 0 amide bonds. The van der Waals surface area contributed by atoms with Gasteiger partial charge in [-0.3, -0.25) is 5.10 Å². The van der Waals surface area contributed by atoms with Crippen molar-refractivity contribution in [3.05, 3.63) is 24.3 Å². The third kappa shape index (κ3) is 3.16. The normalized spacial score (nSPS) is 18.9. The molecule has 3 rings (SSSR count). The van der Waals surface area contributed by atoms with Crippen LogP contribution in [0.1, 0.15) is 12.8 Å². The van der Waals surface area contributed by atoms with Crippen molar-refractivity contribution < 1.29 is 5.11 Å². The van der Waals surface area contributed by atoms with Crippen molar-refractivity contribution in [1.29, 1.82) is 0 Å². The molecule has 1 saturated heterocycles. The fraction of sp³-hybridized carbons (Fsp3) is 0.467. The number of aromatic amines is 1. The van der Waals surface area contributed by atoms with Crippen LogP contribution in [0.25, 0.3) is 11.4 Å². The molecule has 1 aromatic carbocycles. The summed E-state index contributed by atoms with van der Waals surface area (Å²) in [5.41, 5.74) is 0.845. The summed E-state index contributed by atoms with van der Waals surface area (Å²) in [4.78, 5) is 6.80. The first-order valence-corrected chi connectivity index (χ1v) is 7.37. The van der Waals surface area contributed by atoms with Gasteiger partial charge in [-0.15, -0.1) is 5.10 Å². The lowest BCUT2D eigenvalue weighted by atomic mass is 9.98. The third-order valence-electron chi connectivity index (χ3n) is 3.89. The van der Waals surface area contributed by atoms with Crippen LogP contribution in [-0.2, 0) is 0 Å². The third-order valence-corrected chi connectivity index (χ3v) is 3.89. The van der Waals surface area contributed by atoms with Gasteiger partial charge >= 0.3 is 0 Å². The average molecular weight is 287 g/mol. The molecule has 6 heteroatoms. The van der Waals surface area contributed by atoms with Crippen LogP contribution in [0.3, 0.4) is 0 Å². The van der Waals surface area contributed by atoms with Gasteiger partial charge in [0.15, 0.2) is 5.82 Å². The number of aromatic hydroxyl groups is 1. The van der Waals surface area contributed by atoms with Crippen molar-refractivity contribution in [2.75, 3.05) is 31.6 Å². The van der Waals surface area contributed by atoms with Crippen LogP contribution < -0.4 is 10.2 Å². The SMILES string of the molecule is CNCC1CCCN(c2n[nH]c(-c3cccc(O)c3)n2)C1. The maximum Gasteiger partial charge on any atom is 0.245 e. The lowest BCUT2D eigenvalue weighted by Crippen LogP contribution is -2.39. The van der Waals surface area contributed by atoms with E-state index >= 15 is 0 Å². The molecule has 0 saturated carbocycles. The van der Waals surface area contributed by atoms with Gasteiger partial charge in [-0.2, -0.15) is 4.98 Å². The van der Waals surface area contributed by atoms with Crippen LogP contribution in [0, 0.1) is 5.92 Å². The zero-order valence-corrected chi connectivity index (χ0v) is 12.2. The highest BCUT2D eigenvalue weighted by molar-refractivity contribution is 5.58. The first kappa shape index (κ1) is 13.9. The molecule has 3 N–H and O–H groups in total. The number of phenols is 1. The fourth-order valence-corrected chi connectivity index (χ4v) is 2.88. The summed E-state index contributed by atoms with van der Waals surface area (Å²) < 4.78 is 0. The van der Waals surface area contributed by atoms with E-state index in [2.05, 4.69) is 25.4 Å². The van der Waals surface area contributed by atoms with E-state index in [-0.39, 0.29) is 5.75 Å². The number of piperidine rings is 1. The molecule has 21 heavy (non-hydrogen) atoms. The molecular formula is C15H21N5O. The Labute approximate surface area is 124 Å². The van der Waals surface area contributed by atoms with Crippen molar-refractivity contribution in [3.63, 3.8) is 0 Å². The highest BCUT2D eigenvalue weighted by Gasteiger charge is 2.22. The number of anilines is 1. The van der Waals surface area contributed by atoms with Crippen LogP contribution in [-0.4, -0.2) is 47.0 Å². The Hall–Kier alpha value is -2.08. The van der Waals surface area contributed by atoms with Crippen LogP contribution in [0.15, 0.2) is 24.3 Å². The summed E-state index contributed by atoms with van der Waals surface area (Å²) >= 11 is 0. The smallest absolute Gasteiger partial charge is 0.245 e. The van der Waals surface area contributed by atoms with Gasteiger partial charge < -0.3 is 15.3 Å². The molecule has 2 aromatic rings. The highest BCUT2D eigenvalue weighted by atomic mass is 16.3. The largest absolute Gasteiger partial charge is 0.508 e. The quantitative estimate of drug-likeness (QED) is 0.796. The minimum atomic E-state index is 0.234. The molecule has 1 unspecified atom stereocenters. The maximum absolute atomic E-state index is 9.54. The second-order valence-electron chi connectivity index (χ2n) is 5.55. The summed E-state index contributed by atoms with van der Waals surface area (Å²) in [6.45, 7) is 3.01. The van der Waals surface area contributed by atoms with Gasteiger partial charge in [0.25, 0.3) is 0 Å². The van der Waals surface area contributed by atoms with E-state index in [0.717, 1.165) is 31.1 Å². The first-order valence-electron chi connectivity index (χ1n) is 7.37. The minimum Gasteiger partial charge on any atom is -0.508 e. The molecular weight excluding hydrogens is 266 g/mol. The van der Waals surface area contributed by atoms with E-state index in [0.29, 0.717) is 11.7 Å². The molecule has 1 atom stereocenters. The van der Waals surface area contributed by atoms with Crippen molar-refractivity contribution in [2.45, 2.75) is 12.8 Å². The second-order valence-corrected chi connectivity index (χ2v) is 5.55. The summed E-state index contributed by atoms with van der Waals surface area (Å²) in [6, 6.07) is 7.04. The summed E-state index contributed by atoms with van der Waals surface area (Å²) in [7, 11) is 1.99. The second kappa shape index (κ2) is 6.13. The Morgan fingerprint density at radius 3 is 3.19 bits per heavy atom. The van der Waals surface area contributed by atoms with Crippen molar-refractivity contribution in [3.8, 4) is 17.1 Å². The molecule has 0 aliphatic carbocycles. The van der Waals surface area contributed by atoms with E-state index in [4.69, 9.17) is 0 Å². The predicted molar refractivity (Wildman–Crippen MR) is 82.3 cm³/mol. The Balaban J connectivity index is 1.75. The summed E-state index contributed by atoms with van der Waals surface area (Å²) in [6.07, 6.45) is 2.42. The molecule has 1 aliphatic rings. The van der Waals surface area contributed by atoms with Gasteiger partial charge in [0, 0.05) is 18.7 Å². The van der Waals surface area contributed by atoms with E-state index in [1.807, 2.05) is 13.1 Å². The van der Waals surface area contributed by atoms with Crippen LogP contribution >= 0.6 is 0 Å². The zero-order valence-electron chi connectivity index (χ0n) is 12.2. The minimum absolute atomic E-state index is 0.234. The summed E-state index contributed by atoms with van der Waals surface area (Å²) in [5.74, 6) is 2.31. The predicted octanol–water partition coefficient (Wildman–Crippen LogP) is 1.61. The van der Waals surface area contributed by atoms with Crippen molar-refractivity contribution in [2.24, 2.45) is 5.92 Å². The maximum atomic E-state index is 9.54. The highest BCUT2D eigenvalue weighted by Crippen LogP contribution is 2.24. The summed E-state index contributed by atoms with van der Waals surface area (Å²) in [5, 5.41) is 20.1. The molecule has 6 nitrogen and oxygen atoms in total. The van der Waals surface area contributed by atoms with Gasteiger partial charge in [0.05, 0.1) is 0 Å². The lowest BCUT2D eigenvalue weighted by Gasteiger charge is -2.31. The zero-order chi connectivity index (χ0) is 14.7. The van der Waals surface area contributed by atoms with Gasteiger partial charge in [-0.25, -0.2) is 0 Å². The standard InChI is InChI=1S/C15H21N5O/c1-16-9-11-4-3-7-20(10-11)15-17-14(18-19-15)12-5-2-6-13(21)8-12/h2,5-6,8,11,16,21H,3-4,7,9-10H2,1H3,(H,17,18,19). The van der Waals surface area contributed by atoms with Gasteiger partial charge in [0.2, 0.25) is 5.95 Å². The Bertz CT molecular complexity index is 595. The molecule has 112 valence electrons. The number of rotatable bonds is 4. The molecule has 0 radical (unpaired) electrons. The number of hydrogen-bond donors (Lipinski definition) is 3. The van der Waals surface area contributed by atoms with E-state index in [1.54, 1.807) is 18.2 Å². The van der Waals surface area contributed by atoms with E-state index in [1.165, 1.54) is 12.8 Å². The van der Waals surface area contributed by atoms with Gasteiger partial charge in [-0.05, 0) is 44.5 Å². The van der Waals surface area contributed by atoms with E-state index in [9.17, 15) is 5.11 Å². The van der Waals surface area contributed by atoms with Crippen LogP contribution in [0.4, 0.5) is 5.95 Å². The Morgan fingerprint density at radius 2 is 2.38 bits per heavy atom. The number of nitrogens with zero attached hydrogens (tertiary/aromatic N) is 3. The number of hydrogen-bond acceptors (Lipinski definition) is 5. The molecule has 1 aliphatic heterocycles. The Morgan fingerprint density at radius 1 is 1.48 bits per heavy atom. The van der Waals surface area contributed by atoms with E-state index < -0.39 is 0 Å². The first-order chi connectivity index (χ1) is 10.3. The monoisotopic (exact) mass is 287 g/mol. The Kier molecular flexibility index (Phi) is 4.06. The molecule has 1 fully saturated rings. The number of benzene rings is 1. The lowest BCUT2D eigenvalue weighted by molar-refractivity contribution is 0.399. The molecule has 0 spiro atoms. The number of nitrogens with one attached hydrogen (secondary N) is 2. The topological polar surface area (TPSA) is 77.1 Å². The van der Waals surface area contributed by atoms with Crippen LogP contribution in [0.5, 0.6) is 5.75 Å². The molecule has 1 aromatic heterocycles. The number of phenolic OH excluding ortho intramolecular Hbond substituents is 1. The van der Waals surface area contributed by atoms with Gasteiger partial charge in [0.1, 0.15) is 5.75 Å².